The highest BCUT2D eigenvalue weighted by molar-refractivity contribution is 7.48. The van der Waals surface area contributed by atoms with Gasteiger partial charge in [-0.2, -0.15) is 0 Å². The molecule has 0 amide bonds. The van der Waals surface area contributed by atoms with Crippen LogP contribution in [0.4, 0.5) is 0 Å². The molecular formula is C74H82O34P2. The number of carbonyl (C=O) groups is 2. The van der Waals surface area contributed by atoms with Gasteiger partial charge in [0.15, 0.2) is 71.2 Å². The van der Waals surface area contributed by atoms with Gasteiger partial charge in [0, 0.05) is 23.7 Å². The van der Waals surface area contributed by atoms with E-state index in [2.05, 4.69) is 4.52 Å². The Hall–Kier alpha value is -8.00. The Balaban J connectivity index is 0.000000181. The summed E-state index contributed by atoms with van der Waals surface area (Å²) in [6, 6.07) is 32.1. The molecule has 20 atom stereocenters. The molecule has 0 saturated carbocycles. The number of hydrogen-bond acceptors (Lipinski definition) is 32. The van der Waals surface area contributed by atoms with E-state index in [9.17, 15) is 39.1 Å². The van der Waals surface area contributed by atoms with Crippen LogP contribution in [0.25, 0.3) is 0 Å². The molecule has 36 heteroatoms. The molecule has 0 radical (unpaired) electrons. The molecule has 6 aromatic carbocycles. The zero-order valence-electron chi connectivity index (χ0n) is 60.0. The van der Waals surface area contributed by atoms with Crippen molar-refractivity contribution < 1.29 is 162 Å². The van der Waals surface area contributed by atoms with Crippen molar-refractivity contribution in [1.82, 2.24) is 0 Å². The smallest absolute Gasteiger partial charge is 0.478 e. The number of ether oxygens (including phenoxy) is 20. The maximum Gasteiger partial charge on any atom is 0.478 e. The highest BCUT2D eigenvalue weighted by Gasteiger charge is 2.59. The maximum atomic E-state index is 14.0. The Kier molecular flexibility index (Phi) is 22.9. The fourth-order valence-corrected chi connectivity index (χ4v) is 16.8. The molecule has 6 aromatic rings. The van der Waals surface area contributed by atoms with Crippen molar-refractivity contribution in [3.8, 4) is 57.5 Å². The molecule has 0 aromatic heterocycles. The van der Waals surface area contributed by atoms with E-state index < -0.39 is 163 Å². The van der Waals surface area contributed by atoms with Crippen LogP contribution in [0.1, 0.15) is 82.4 Å². The fraction of sp³-hybridized carbons (Fsp3) is 0.486. The second-order valence-electron chi connectivity index (χ2n) is 27.2. The van der Waals surface area contributed by atoms with Crippen LogP contribution >= 0.6 is 15.6 Å². The highest BCUT2D eigenvalue weighted by Crippen LogP contribution is 2.60. The highest BCUT2D eigenvalue weighted by atomic mass is 31.2. The predicted molar refractivity (Wildman–Crippen MR) is 369 cm³/mol. The number of aliphatic hydroxyl groups excluding tert-OH is 4. The number of fused-ring (bicyclic) bond motifs is 8. The third-order valence-corrected chi connectivity index (χ3v) is 22.5. The third-order valence-electron chi connectivity index (χ3n) is 20.8. The van der Waals surface area contributed by atoms with Crippen LogP contribution in [-0.4, -0.2) is 198 Å². The first-order valence-corrected chi connectivity index (χ1v) is 38.3. The summed E-state index contributed by atoms with van der Waals surface area (Å²) in [6.07, 6.45) is -14.3. The van der Waals surface area contributed by atoms with E-state index in [0.29, 0.717) is 56.4 Å². The lowest BCUT2D eigenvalue weighted by molar-refractivity contribution is -0.364. The Bertz CT molecular complexity index is 4290. The zero-order chi connectivity index (χ0) is 76.9. The van der Waals surface area contributed by atoms with Crippen LogP contribution in [0.3, 0.4) is 0 Å². The summed E-state index contributed by atoms with van der Waals surface area (Å²) in [6.45, 7) is 2.06. The van der Waals surface area contributed by atoms with Crippen LogP contribution < -0.4 is 47.4 Å². The van der Waals surface area contributed by atoms with Crippen LogP contribution in [0.2, 0.25) is 0 Å². The SMILES string of the molecule is COc1cc([C@@H]2c3cc4c(cc3[C@@H](O[C@@H]3O[C@@H]5COC(C)OC5[C@H](O)[C@H]3O)[C@H]3COC(=O)[C@H]23)OCO4)cc(OC)c1OCOP(=O)(O)O.COc1cc([C@@H]2c3cc4c(cc3[C@@H](O[C@@H]3O[C@@H]5COC(C)OC5[C@H](O)[C@H]3O)[C@H]3COC(=O)[C@H]23)OCO4)cc(OC)c1OCOP(=O)(OCc1ccccc1)OCc1ccccc1. The van der Waals surface area contributed by atoms with Gasteiger partial charge in [0.2, 0.25) is 38.7 Å². The zero-order valence-corrected chi connectivity index (χ0v) is 61.8. The van der Waals surface area contributed by atoms with Gasteiger partial charge in [-0.15, -0.1) is 0 Å². The van der Waals surface area contributed by atoms with E-state index in [1.807, 2.05) is 60.7 Å². The molecule has 8 heterocycles. The number of benzene rings is 6. The van der Waals surface area contributed by atoms with Crippen LogP contribution in [0.15, 0.2) is 109 Å². The fourth-order valence-electron chi connectivity index (χ4n) is 15.6. The summed E-state index contributed by atoms with van der Waals surface area (Å²) in [5.74, 6) is -2.49. The van der Waals surface area contributed by atoms with Crippen molar-refractivity contribution in [2.45, 2.75) is 125 Å². The minimum Gasteiger partial charge on any atom is -0.493 e. The Morgan fingerprint density at radius 2 is 0.818 bits per heavy atom. The van der Waals surface area contributed by atoms with E-state index in [0.717, 1.165) is 11.1 Å². The van der Waals surface area contributed by atoms with E-state index >= 15 is 0 Å². The molecule has 592 valence electrons. The second kappa shape index (κ2) is 32.6. The summed E-state index contributed by atoms with van der Waals surface area (Å²) < 4.78 is 163. The van der Waals surface area contributed by atoms with Gasteiger partial charge < -0.3 is 125 Å². The lowest BCUT2D eigenvalue weighted by atomic mass is 9.66. The molecule has 0 spiro atoms. The lowest BCUT2D eigenvalue weighted by Crippen LogP contribution is -2.63. The summed E-state index contributed by atoms with van der Waals surface area (Å²) in [7, 11) is -3.39. The van der Waals surface area contributed by atoms with Crippen molar-refractivity contribution in [2.75, 3.05) is 82.0 Å². The van der Waals surface area contributed by atoms with E-state index in [1.54, 1.807) is 62.4 Å². The summed E-state index contributed by atoms with van der Waals surface area (Å²) in [4.78, 5) is 45.6. The monoisotopic (exact) mass is 1580 g/mol. The van der Waals surface area contributed by atoms with Crippen molar-refractivity contribution in [3.63, 3.8) is 0 Å². The molecule has 6 N–H and O–H groups in total. The lowest BCUT2D eigenvalue weighted by Gasteiger charge is -2.47. The molecule has 6 fully saturated rings. The number of hydrogen-bond donors (Lipinski definition) is 6. The molecule has 34 nitrogen and oxygen atoms in total. The van der Waals surface area contributed by atoms with Crippen molar-refractivity contribution in [3.05, 3.63) is 154 Å². The van der Waals surface area contributed by atoms with Gasteiger partial charge >= 0.3 is 27.6 Å². The molecule has 16 rings (SSSR count). The maximum absolute atomic E-state index is 14.0. The van der Waals surface area contributed by atoms with Crippen LogP contribution in [-0.2, 0) is 97.4 Å². The number of aliphatic hydroxyl groups is 4. The van der Waals surface area contributed by atoms with Gasteiger partial charge in [-0.1, -0.05) is 60.7 Å². The molecule has 10 aliphatic rings. The van der Waals surface area contributed by atoms with Gasteiger partial charge in [-0.3, -0.25) is 18.6 Å². The summed E-state index contributed by atoms with van der Waals surface area (Å²) in [5, 5.41) is 44.5. The Morgan fingerprint density at radius 1 is 0.445 bits per heavy atom. The van der Waals surface area contributed by atoms with Crippen molar-refractivity contribution in [2.24, 2.45) is 23.7 Å². The second-order valence-corrected chi connectivity index (χ2v) is 30.1. The van der Waals surface area contributed by atoms with Gasteiger partial charge in [-0.05, 0) is 107 Å². The summed E-state index contributed by atoms with van der Waals surface area (Å²) in [5.41, 5.74) is 5.17. The van der Waals surface area contributed by atoms with Gasteiger partial charge in [0.05, 0.1) is 92.1 Å². The quantitative estimate of drug-likeness (QED) is 0.0211. The number of rotatable bonds is 24. The first-order valence-electron chi connectivity index (χ1n) is 35.3. The Morgan fingerprint density at radius 3 is 1.19 bits per heavy atom. The third kappa shape index (κ3) is 15.7. The molecular weight excluding hydrogens is 1490 g/mol. The van der Waals surface area contributed by atoms with E-state index in [-0.39, 0.29) is 87.7 Å². The minimum absolute atomic E-state index is 0.00868. The topological polar surface area (TPSA) is 411 Å². The predicted octanol–water partition coefficient (Wildman–Crippen LogP) is 6.61. The standard InChI is InChI=1S/C44H47O17P.C30H35O17P/c1-24-51-21-35-42(59-24)38(45)39(46)44(60-35)61-40-29-17-32-31(53-22-54-32)16-28(29)36(37-30(40)20-52-43(37)47)27-14-33(49-2)41(34(15-27)50-3)55-23-58-62(48,56-18-25-10-6-4-7-11-25)57-19-26-12-8-5-9-13-26;1-12-39-9-21-28(45-12)24(31)25(32)30(46-21)47-26-15-7-18-17(41-10-42-18)6-14(15)22(23-16(26)8-40-29(23)33)13-4-19(37-2)27(20(5-13)38-3)43-11-44-48(34,35)36/h4-17,24,30,35-40,42,44-46H,18-23H2,1-3H3;4-7,12,16,21-26,28,30-32H,8-11H2,1-3H3,(H2,34,35,36)/t24?,30-,35+,36+,37-,38+,39+,40+,42?,44-;12?,16-,21+,22+,23-,24+,25+,26+,28?,30-/m00/s1. The van der Waals surface area contributed by atoms with Crippen molar-refractivity contribution >= 4 is 27.6 Å². The van der Waals surface area contributed by atoms with Gasteiger partial charge in [0.1, 0.15) is 48.8 Å². The van der Waals surface area contributed by atoms with Crippen molar-refractivity contribution in [1.29, 1.82) is 0 Å². The Labute approximate surface area is 628 Å². The van der Waals surface area contributed by atoms with Gasteiger partial charge in [-0.25, -0.2) is 18.2 Å². The molecule has 0 bridgehead atoms. The summed E-state index contributed by atoms with van der Waals surface area (Å²) >= 11 is 0. The van der Waals surface area contributed by atoms with Gasteiger partial charge in [0.25, 0.3) is 0 Å². The van der Waals surface area contributed by atoms with Crippen LogP contribution in [0.5, 0.6) is 57.5 Å². The number of phosphoric ester groups is 2. The average molecular weight is 1580 g/mol. The number of methoxy groups -OCH3 is 4. The molecule has 110 heavy (non-hydrogen) atoms. The minimum atomic E-state index is -4.82. The first kappa shape index (κ1) is 77.3. The molecule has 4 unspecified atom stereocenters. The molecule has 2 aliphatic carbocycles. The first-order chi connectivity index (χ1) is 53.1. The number of phosphoric acid groups is 2. The average Bonchev–Trinajstić information content (AvgIpc) is 1.44. The molecule has 8 aliphatic heterocycles. The number of carbonyl (C=O) groups excluding carboxylic acids is 2. The van der Waals surface area contributed by atoms with Crippen LogP contribution in [0, 0.1) is 23.7 Å². The van der Waals surface area contributed by atoms with E-state index in [4.69, 9.17) is 118 Å². The number of esters is 2. The van der Waals surface area contributed by atoms with E-state index in [1.165, 1.54) is 28.4 Å². The normalized spacial score (nSPS) is 30.8. The molecule has 6 saturated heterocycles. The number of cyclic esters (lactones) is 2. The largest absolute Gasteiger partial charge is 0.493 e.